The van der Waals surface area contributed by atoms with Crippen LogP contribution in [0.4, 0.5) is 0 Å². The lowest BCUT2D eigenvalue weighted by molar-refractivity contribution is -0.231. The van der Waals surface area contributed by atoms with E-state index in [0.717, 1.165) is 0 Å². The first-order valence-electron chi connectivity index (χ1n) is 9.59. The normalized spacial score (nSPS) is 26.2. The SMILES string of the molecule is COc1cc([C@@H]2O[C@H](CO)[C@@H](O)[C@H](O)[C@H]2O)cc2oc(-c3ccc(O)cc3)cc(=O)c12. The van der Waals surface area contributed by atoms with Crippen LogP contribution in [-0.4, -0.2) is 63.7 Å². The topological polar surface area (TPSA) is 150 Å². The van der Waals surface area contributed by atoms with E-state index in [0.29, 0.717) is 11.1 Å². The van der Waals surface area contributed by atoms with Crippen LogP contribution in [0.25, 0.3) is 22.3 Å². The largest absolute Gasteiger partial charge is 0.508 e. The van der Waals surface area contributed by atoms with Crippen molar-refractivity contribution in [2.75, 3.05) is 13.7 Å². The Morgan fingerprint density at radius 1 is 1.00 bits per heavy atom. The summed E-state index contributed by atoms with van der Waals surface area (Å²) >= 11 is 0. The summed E-state index contributed by atoms with van der Waals surface area (Å²) in [5, 5.41) is 49.7. The van der Waals surface area contributed by atoms with Crippen molar-refractivity contribution < 1.29 is 39.4 Å². The van der Waals surface area contributed by atoms with Gasteiger partial charge in [0.05, 0.1) is 13.7 Å². The summed E-state index contributed by atoms with van der Waals surface area (Å²) in [5.74, 6) is 0.499. The third-order valence-electron chi connectivity index (χ3n) is 5.41. The Morgan fingerprint density at radius 3 is 2.35 bits per heavy atom. The molecular formula is C22H22O9. The van der Waals surface area contributed by atoms with Gasteiger partial charge in [-0.15, -0.1) is 0 Å². The Balaban J connectivity index is 1.85. The molecule has 2 aromatic carbocycles. The van der Waals surface area contributed by atoms with Crippen molar-refractivity contribution in [3.63, 3.8) is 0 Å². The van der Waals surface area contributed by atoms with Crippen molar-refractivity contribution in [2.24, 2.45) is 0 Å². The monoisotopic (exact) mass is 430 g/mol. The van der Waals surface area contributed by atoms with Gasteiger partial charge in [0.25, 0.3) is 0 Å². The van der Waals surface area contributed by atoms with Crippen LogP contribution in [0.3, 0.4) is 0 Å². The molecule has 1 aliphatic rings. The maximum atomic E-state index is 12.8. The Hall–Kier alpha value is -2.95. The molecule has 4 rings (SSSR count). The lowest BCUT2D eigenvalue weighted by atomic mass is 9.90. The van der Waals surface area contributed by atoms with Crippen molar-refractivity contribution in [1.82, 2.24) is 0 Å². The van der Waals surface area contributed by atoms with Gasteiger partial charge in [-0.05, 0) is 42.0 Å². The molecule has 1 saturated heterocycles. The predicted octanol–water partition coefficient (Wildman–Crippen LogP) is 0.689. The molecule has 2 heterocycles. The maximum Gasteiger partial charge on any atom is 0.197 e. The number of aromatic hydroxyl groups is 1. The number of phenolic OH excluding ortho intramolecular Hbond substituents is 1. The minimum absolute atomic E-state index is 0.0680. The first kappa shape index (κ1) is 21.3. The van der Waals surface area contributed by atoms with Gasteiger partial charge in [0, 0.05) is 11.6 Å². The molecule has 0 spiro atoms. The van der Waals surface area contributed by atoms with Crippen molar-refractivity contribution >= 4 is 11.0 Å². The van der Waals surface area contributed by atoms with Crippen LogP contribution in [0.2, 0.25) is 0 Å². The van der Waals surface area contributed by atoms with E-state index in [2.05, 4.69) is 0 Å². The molecule has 1 aliphatic heterocycles. The lowest BCUT2D eigenvalue weighted by Gasteiger charge is -2.40. The van der Waals surface area contributed by atoms with Gasteiger partial charge in [-0.1, -0.05) is 0 Å². The van der Waals surface area contributed by atoms with Gasteiger partial charge in [0.15, 0.2) is 5.43 Å². The van der Waals surface area contributed by atoms with Crippen LogP contribution in [-0.2, 0) is 4.74 Å². The summed E-state index contributed by atoms with van der Waals surface area (Å²) in [6.07, 6.45) is -6.73. The second-order valence-corrected chi connectivity index (χ2v) is 7.37. The summed E-state index contributed by atoms with van der Waals surface area (Å²) in [4.78, 5) is 12.8. The number of hydrogen-bond acceptors (Lipinski definition) is 9. The molecule has 5 N–H and O–H groups in total. The number of ether oxygens (including phenoxy) is 2. The standard InChI is InChI=1S/C22H22O9/c1-29-15-6-11(22-21(28)20(27)19(26)17(9-23)31-22)7-16-18(15)13(25)8-14(30-16)10-2-4-12(24)5-3-10/h2-8,17,19-24,26-28H,9H2,1H3/t17-,19-,20+,21-,22+/m1/s1. The molecule has 1 fully saturated rings. The zero-order valence-corrected chi connectivity index (χ0v) is 16.5. The summed E-state index contributed by atoms with van der Waals surface area (Å²) in [7, 11) is 1.37. The molecule has 31 heavy (non-hydrogen) atoms. The van der Waals surface area contributed by atoms with E-state index in [4.69, 9.17) is 13.9 Å². The average Bonchev–Trinajstić information content (AvgIpc) is 2.77. The lowest BCUT2D eigenvalue weighted by Crippen LogP contribution is -2.55. The van der Waals surface area contributed by atoms with Crippen LogP contribution >= 0.6 is 0 Å². The van der Waals surface area contributed by atoms with Crippen molar-refractivity contribution in [2.45, 2.75) is 30.5 Å². The summed E-state index contributed by atoms with van der Waals surface area (Å²) in [6.45, 7) is -0.563. The fourth-order valence-electron chi connectivity index (χ4n) is 3.74. The molecule has 1 aromatic heterocycles. The van der Waals surface area contributed by atoms with Gasteiger partial charge < -0.3 is 39.4 Å². The van der Waals surface area contributed by atoms with Gasteiger partial charge in [0.1, 0.15) is 58.7 Å². The smallest absolute Gasteiger partial charge is 0.197 e. The molecule has 9 nitrogen and oxygen atoms in total. The number of aliphatic hydroxyl groups is 4. The number of hydrogen-bond donors (Lipinski definition) is 5. The van der Waals surface area contributed by atoms with E-state index in [9.17, 15) is 30.3 Å². The van der Waals surface area contributed by atoms with E-state index in [-0.39, 0.29) is 33.7 Å². The number of methoxy groups -OCH3 is 1. The highest BCUT2D eigenvalue weighted by molar-refractivity contribution is 5.85. The Kier molecular flexibility index (Phi) is 5.69. The van der Waals surface area contributed by atoms with Crippen LogP contribution in [0, 0.1) is 0 Å². The van der Waals surface area contributed by atoms with Crippen molar-refractivity contribution in [1.29, 1.82) is 0 Å². The Morgan fingerprint density at radius 2 is 1.71 bits per heavy atom. The first-order chi connectivity index (χ1) is 14.8. The zero-order valence-electron chi connectivity index (χ0n) is 16.5. The highest BCUT2D eigenvalue weighted by Gasteiger charge is 2.44. The zero-order chi connectivity index (χ0) is 22.3. The van der Waals surface area contributed by atoms with Gasteiger partial charge in [-0.25, -0.2) is 0 Å². The summed E-state index contributed by atoms with van der Waals surface area (Å²) < 4.78 is 16.9. The van der Waals surface area contributed by atoms with E-state index in [1.807, 2.05) is 0 Å². The third-order valence-corrected chi connectivity index (χ3v) is 5.41. The van der Waals surface area contributed by atoms with Gasteiger partial charge in [-0.2, -0.15) is 0 Å². The minimum atomic E-state index is -1.55. The number of fused-ring (bicyclic) bond motifs is 1. The molecule has 3 aromatic rings. The fraction of sp³-hybridized carbons (Fsp3) is 0.318. The van der Waals surface area contributed by atoms with Gasteiger partial charge >= 0.3 is 0 Å². The third kappa shape index (κ3) is 3.78. The molecular weight excluding hydrogens is 408 g/mol. The Labute approximate surface area is 176 Å². The second kappa shape index (κ2) is 8.29. The minimum Gasteiger partial charge on any atom is -0.508 e. The van der Waals surface area contributed by atoms with Crippen LogP contribution in [0.5, 0.6) is 11.5 Å². The molecule has 0 radical (unpaired) electrons. The fourth-order valence-corrected chi connectivity index (χ4v) is 3.74. The first-order valence-corrected chi connectivity index (χ1v) is 9.59. The quantitative estimate of drug-likeness (QED) is 0.403. The van der Waals surface area contributed by atoms with Crippen LogP contribution in [0.1, 0.15) is 11.7 Å². The molecule has 9 heteroatoms. The molecule has 0 unspecified atom stereocenters. The van der Waals surface area contributed by atoms with E-state index < -0.39 is 37.1 Å². The number of benzene rings is 2. The summed E-state index contributed by atoms with van der Waals surface area (Å²) in [6, 6.07) is 10.4. The average molecular weight is 430 g/mol. The molecule has 0 amide bonds. The number of aliphatic hydroxyl groups excluding tert-OH is 4. The highest BCUT2D eigenvalue weighted by Crippen LogP contribution is 2.37. The molecule has 0 saturated carbocycles. The highest BCUT2D eigenvalue weighted by atomic mass is 16.5. The Bertz CT molecular complexity index is 1140. The molecule has 5 atom stereocenters. The second-order valence-electron chi connectivity index (χ2n) is 7.37. The number of phenols is 1. The maximum absolute atomic E-state index is 12.8. The molecule has 0 bridgehead atoms. The van der Waals surface area contributed by atoms with E-state index in [1.165, 1.54) is 37.4 Å². The van der Waals surface area contributed by atoms with Crippen LogP contribution in [0.15, 0.2) is 51.7 Å². The van der Waals surface area contributed by atoms with Gasteiger partial charge in [0.2, 0.25) is 0 Å². The molecule has 0 aliphatic carbocycles. The van der Waals surface area contributed by atoms with E-state index >= 15 is 0 Å². The van der Waals surface area contributed by atoms with Crippen LogP contribution < -0.4 is 10.2 Å². The number of rotatable bonds is 4. The van der Waals surface area contributed by atoms with E-state index in [1.54, 1.807) is 12.1 Å². The van der Waals surface area contributed by atoms with Crippen molar-refractivity contribution in [3.8, 4) is 22.8 Å². The van der Waals surface area contributed by atoms with Gasteiger partial charge in [-0.3, -0.25) is 4.79 Å². The molecule has 164 valence electrons. The predicted molar refractivity (Wildman–Crippen MR) is 109 cm³/mol. The van der Waals surface area contributed by atoms with Crippen molar-refractivity contribution in [3.05, 3.63) is 58.3 Å². The summed E-state index contributed by atoms with van der Waals surface area (Å²) in [5.41, 5.74) is 0.685.